The fourth-order valence-electron chi connectivity index (χ4n) is 1.85. The lowest BCUT2D eigenvalue weighted by atomic mass is 10.1. The molecule has 0 radical (unpaired) electrons. The summed E-state index contributed by atoms with van der Waals surface area (Å²) < 4.78 is 11.2. The fraction of sp³-hybridized carbons (Fsp3) is 0.417. The van der Waals surface area contributed by atoms with E-state index in [2.05, 4.69) is 32.0 Å². The van der Waals surface area contributed by atoms with Gasteiger partial charge in [0.2, 0.25) is 0 Å². The van der Waals surface area contributed by atoms with E-state index in [0.717, 1.165) is 28.8 Å². The van der Waals surface area contributed by atoms with Crippen LogP contribution < -0.4 is 10.1 Å². The highest BCUT2D eigenvalue weighted by molar-refractivity contribution is 9.10. The molecule has 0 fully saturated rings. The minimum Gasteiger partial charge on any atom is -0.493 e. The average Bonchev–Trinajstić information content (AvgIpc) is 2.76. The Morgan fingerprint density at radius 3 is 3.18 bits per heavy atom. The van der Waals surface area contributed by atoms with Crippen molar-refractivity contribution in [3.63, 3.8) is 0 Å². The molecule has 1 N–H and O–H groups in total. The van der Waals surface area contributed by atoms with E-state index in [0.29, 0.717) is 6.54 Å². The van der Waals surface area contributed by atoms with Gasteiger partial charge in [-0.25, -0.2) is 0 Å². The smallest absolute Gasteiger partial charge is 0.319 e. The van der Waals surface area contributed by atoms with Crippen LogP contribution >= 0.6 is 15.9 Å². The van der Waals surface area contributed by atoms with Crippen LogP contribution in [-0.4, -0.2) is 26.2 Å². The summed E-state index contributed by atoms with van der Waals surface area (Å²) in [5.74, 6) is 0.683. The first-order valence-electron chi connectivity index (χ1n) is 5.42. The first-order chi connectivity index (χ1) is 8.20. The van der Waals surface area contributed by atoms with E-state index in [1.165, 1.54) is 12.7 Å². The number of carbonyl (C=O) groups excluding carboxylic acids is 1. The van der Waals surface area contributed by atoms with Gasteiger partial charge < -0.3 is 14.8 Å². The van der Waals surface area contributed by atoms with Crippen molar-refractivity contribution in [1.82, 2.24) is 5.32 Å². The number of nitrogens with one attached hydrogen (secondary N) is 1. The van der Waals surface area contributed by atoms with Crippen molar-refractivity contribution in [3.8, 4) is 5.75 Å². The van der Waals surface area contributed by atoms with Crippen molar-refractivity contribution in [3.05, 3.63) is 27.7 Å². The predicted octanol–water partition coefficient (Wildman–Crippen LogP) is 1.65. The first-order valence-corrected chi connectivity index (χ1v) is 6.21. The molecule has 0 bridgehead atoms. The Balaban J connectivity index is 2.03. The second-order valence-corrected chi connectivity index (χ2v) is 4.75. The molecule has 17 heavy (non-hydrogen) atoms. The average molecular weight is 300 g/mol. The summed E-state index contributed by atoms with van der Waals surface area (Å²) in [5, 5.41) is 3.03. The van der Waals surface area contributed by atoms with Crippen LogP contribution in [0.3, 0.4) is 0 Å². The number of methoxy groups -OCH3 is 1. The van der Waals surface area contributed by atoms with Gasteiger partial charge in [-0.2, -0.15) is 0 Å². The summed E-state index contributed by atoms with van der Waals surface area (Å²) in [6, 6.07) is 4.08. The second kappa shape index (κ2) is 5.51. The summed E-state index contributed by atoms with van der Waals surface area (Å²) in [4.78, 5) is 11.0. The number of hydrogen-bond acceptors (Lipinski definition) is 4. The SMILES string of the molecule is COC(=O)CNCc1cc(Br)cc2c1OCC2. The summed E-state index contributed by atoms with van der Waals surface area (Å²) >= 11 is 3.48. The molecule has 0 aliphatic carbocycles. The van der Waals surface area contributed by atoms with E-state index in [9.17, 15) is 4.79 Å². The third kappa shape index (κ3) is 2.98. The highest BCUT2D eigenvalue weighted by atomic mass is 79.9. The van der Waals surface area contributed by atoms with Crippen LogP contribution in [0.2, 0.25) is 0 Å². The topological polar surface area (TPSA) is 47.6 Å². The fourth-order valence-corrected chi connectivity index (χ4v) is 2.40. The second-order valence-electron chi connectivity index (χ2n) is 3.83. The van der Waals surface area contributed by atoms with Gasteiger partial charge in [-0.15, -0.1) is 0 Å². The lowest BCUT2D eigenvalue weighted by Gasteiger charge is -2.09. The standard InChI is InChI=1S/C12H14BrNO3/c1-16-11(15)7-14-6-9-5-10(13)4-8-2-3-17-12(8)9/h4-5,14H,2-3,6-7H2,1H3. The van der Waals surface area contributed by atoms with Gasteiger partial charge in [-0.1, -0.05) is 15.9 Å². The summed E-state index contributed by atoms with van der Waals surface area (Å²) in [6.45, 7) is 1.53. The number of fused-ring (bicyclic) bond motifs is 1. The van der Waals surface area contributed by atoms with Gasteiger partial charge in [0, 0.05) is 23.0 Å². The molecule has 1 heterocycles. The van der Waals surface area contributed by atoms with Crippen molar-refractivity contribution in [2.45, 2.75) is 13.0 Å². The quantitative estimate of drug-likeness (QED) is 0.859. The third-order valence-electron chi connectivity index (χ3n) is 2.64. The van der Waals surface area contributed by atoms with Crippen LogP contribution in [0.25, 0.3) is 0 Å². The van der Waals surface area contributed by atoms with E-state index in [1.54, 1.807) is 0 Å². The maximum Gasteiger partial charge on any atom is 0.319 e. The van der Waals surface area contributed by atoms with E-state index >= 15 is 0 Å². The Morgan fingerprint density at radius 2 is 2.41 bits per heavy atom. The zero-order chi connectivity index (χ0) is 12.3. The number of ether oxygens (including phenoxy) is 2. The van der Waals surface area contributed by atoms with Crippen LogP contribution in [0.5, 0.6) is 5.75 Å². The molecule has 0 amide bonds. The summed E-state index contributed by atoms with van der Waals surface area (Å²) in [6.07, 6.45) is 0.943. The molecule has 0 saturated heterocycles. The Labute approximate surface area is 108 Å². The Hall–Kier alpha value is -1.07. The van der Waals surface area contributed by atoms with Gasteiger partial charge in [-0.3, -0.25) is 4.79 Å². The molecule has 0 saturated carbocycles. The first kappa shape index (κ1) is 12.4. The van der Waals surface area contributed by atoms with Crippen molar-refractivity contribution in [2.24, 2.45) is 0 Å². The van der Waals surface area contributed by atoms with Gasteiger partial charge in [0.1, 0.15) is 5.75 Å². The highest BCUT2D eigenvalue weighted by Gasteiger charge is 2.17. The molecular weight excluding hydrogens is 286 g/mol. The molecule has 0 aromatic heterocycles. The van der Waals surface area contributed by atoms with Crippen molar-refractivity contribution >= 4 is 21.9 Å². The number of benzene rings is 1. The van der Waals surface area contributed by atoms with Gasteiger partial charge in [0.05, 0.1) is 20.3 Å². The van der Waals surface area contributed by atoms with Crippen molar-refractivity contribution in [2.75, 3.05) is 20.3 Å². The third-order valence-corrected chi connectivity index (χ3v) is 3.10. The van der Waals surface area contributed by atoms with Gasteiger partial charge in [-0.05, 0) is 17.7 Å². The lowest BCUT2D eigenvalue weighted by molar-refractivity contribution is -0.139. The molecule has 92 valence electrons. The molecule has 1 aromatic rings. The number of rotatable bonds is 4. The van der Waals surface area contributed by atoms with Crippen LogP contribution in [0.1, 0.15) is 11.1 Å². The van der Waals surface area contributed by atoms with Crippen LogP contribution in [-0.2, 0) is 22.5 Å². The van der Waals surface area contributed by atoms with Gasteiger partial charge in [0.15, 0.2) is 0 Å². The van der Waals surface area contributed by atoms with Gasteiger partial charge >= 0.3 is 5.97 Å². The molecule has 1 aromatic carbocycles. The minimum atomic E-state index is -0.266. The molecule has 0 spiro atoms. The molecule has 1 aliphatic rings. The van der Waals surface area contributed by atoms with E-state index in [-0.39, 0.29) is 12.5 Å². The van der Waals surface area contributed by atoms with E-state index < -0.39 is 0 Å². The van der Waals surface area contributed by atoms with Crippen molar-refractivity contribution in [1.29, 1.82) is 0 Å². The Kier molecular flexibility index (Phi) is 4.02. The highest BCUT2D eigenvalue weighted by Crippen LogP contribution is 2.32. The monoisotopic (exact) mass is 299 g/mol. The molecule has 1 aliphatic heterocycles. The molecule has 0 unspecified atom stereocenters. The van der Waals surface area contributed by atoms with Crippen molar-refractivity contribution < 1.29 is 14.3 Å². The zero-order valence-electron chi connectivity index (χ0n) is 9.59. The molecule has 4 nitrogen and oxygen atoms in total. The number of carbonyl (C=O) groups is 1. The number of halogens is 1. The maximum absolute atomic E-state index is 11.0. The summed E-state index contributed by atoms with van der Waals surface area (Å²) in [7, 11) is 1.38. The van der Waals surface area contributed by atoms with E-state index in [4.69, 9.17) is 4.74 Å². The molecule has 5 heteroatoms. The predicted molar refractivity (Wildman–Crippen MR) is 67.1 cm³/mol. The number of hydrogen-bond donors (Lipinski definition) is 1. The minimum absolute atomic E-state index is 0.206. The Bertz CT molecular complexity index is 434. The number of esters is 1. The van der Waals surface area contributed by atoms with Crippen LogP contribution in [0, 0.1) is 0 Å². The molecule has 2 rings (SSSR count). The normalized spacial score (nSPS) is 13.1. The zero-order valence-corrected chi connectivity index (χ0v) is 11.2. The maximum atomic E-state index is 11.0. The van der Waals surface area contributed by atoms with Crippen LogP contribution in [0.4, 0.5) is 0 Å². The van der Waals surface area contributed by atoms with Gasteiger partial charge in [0.25, 0.3) is 0 Å². The largest absolute Gasteiger partial charge is 0.493 e. The summed E-state index contributed by atoms with van der Waals surface area (Å²) in [5.41, 5.74) is 2.28. The van der Waals surface area contributed by atoms with E-state index in [1.807, 2.05) is 6.07 Å². The Morgan fingerprint density at radius 1 is 1.59 bits per heavy atom. The molecule has 0 atom stereocenters. The van der Waals surface area contributed by atoms with Crippen LogP contribution in [0.15, 0.2) is 16.6 Å². The lowest BCUT2D eigenvalue weighted by Crippen LogP contribution is -2.23. The molecular formula is C12H14BrNO3.